The molecular formula is C17H32Cl2N4O2. The van der Waals surface area contributed by atoms with Crippen molar-refractivity contribution in [2.24, 2.45) is 5.92 Å². The molecule has 2 amide bonds. The van der Waals surface area contributed by atoms with Gasteiger partial charge in [-0.25, -0.2) is 0 Å². The SMILES string of the molecule is CCN1CCCC1CN1CC(C(=O)N2CCCNCC2)CC1=O.Cl.Cl. The van der Waals surface area contributed by atoms with Gasteiger partial charge in [0.05, 0.1) is 5.92 Å². The van der Waals surface area contributed by atoms with Crippen LogP contribution >= 0.6 is 24.8 Å². The van der Waals surface area contributed by atoms with E-state index in [2.05, 4.69) is 17.1 Å². The summed E-state index contributed by atoms with van der Waals surface area (Å²) >= 11 is 0. The maximum Gasteiger partial charge on any atom is 0.228 e. The summed E-state index contributed by atoms with van der Waals surface area (Å²) in [7, 11) is 0. The van der Waals surface area contributed by atoms with Crippen molar-refractivity contribution < 1.29 is 9.59 Å². The summed E-state index contributed by atoms with van der Waals surface area (Å²) in [6, 6.07) is 0.486. The highest BCUT2D eigenvalue weighted by atomic mass is 35.5. The summed E-state index contributed by atoms with van der Waals surface area (Å²) in [6.45, 7) is 9.25. The van der Waals surface area contributed by atoms with Crippen molar-refractivity contribution in [1.82, 2.24) is 20.0 Å². The van der Waals surface area contributed by atoms with E-state index in [9.17, 15) is 9.59 Å². The standard InChI is InChI=1S/C17H30N4O2.2ClH/c1-2-19-8-3-5-15(19)13-21-12-14(11-16(21)22)17(23)20-9-4-6-18-7-10-20;;/h14-15,18H,2-13H2,1H3;2*1H. The third kappa shape index (κ3) is 5.46. The van der Waals surface area contributed by atoms with Gasteiger partial charge in [-0.2, -0.15) is 0 Å². The van der Waals surface area contributed by atoms with Gasteiger partial charge >= 0.3 is 0 Å². The fourth-order valence-electron chi connectivity index (χ4n) is 4.21. The van der Waals surface area contributed by atoms with Crippen molar-refractivity contribution >= 4 is 36.6 Å². The Morgan fingerprint density at radius 2 is 1.96 bits per heavy atom. The lowest BCUT2D eigenvalue weighted by atomic mass is 10.1. The van der Waals surface area contributed by atoms with E-state index in [0.29, 0.717) is 19.0 Å². The van der Waals surface area contributed by atoms with Crippen LogP contribution < -0.4 is 5.32 Å². The maximum atomic E-state index is 12.7. The summed E-state index contributed by atoms with van der Waals surface area (Å²) < 4.78 is 0. The number of carbonyl (C=O) groups excluding carboxylic acids is 2. The van der Waals surface area contributed by atoms with Crippen LogP contribution in [0.3, 0.4) is 0 Å². The summed E-state index contributed by atoms with van der Waals surface area (Å²) in [4.78, 5) is 31.4. The quantitative estimate of drug-likeness (QED) is 0.771. The molecule has 3 aliphatic rings. The molecular weight excluding hydrogens is 363 g/mol. The second-order valence-electron chi connectivity index (χ2n) is 7.05. The normalized spacial score (nSPS) is 27.6. The van der Waals surface area contributed by atoms with E-state index in [4.69, 9.17) is 0 Å². The highest BCUT2D eigenvalue weighted by Gasteiger charge is 2.38. The molecule has 0 aliphatic carbocycles. The fraction of sp³-hybridized carbons (Fsp3) is 0.882. The Labute approximate surface area is 163 Å². The fourth-order valence-corrected chi connectivity index (χ4v) is 4.21. The largest absolute Gasteiger partial charge is 0.341 e. The van der Waals surface area contributed by atoms with Crippen LogP contribution in [0.1, 0.15) is 32.6 Å². The Kier molecular flexibility index (Phi) is 9.49. The van der Waals surface area contributed by atoms with Gasteiger partial charge in [-0.05, 0) is 38.9 Å². The number of halogens is 2. The predicted molar refractivity (Wildman–Crippen MR) is 104 cm³/mol. The van der Waals surface area contributed by atoms with E-state index >= 15 is 0 Å². The molecule has 6 nitrogen and oxygen atoms in total. The Morgan fingerprint density at radius 1 is 1.16 bits per heavy atom. The number of rotatable bonds is 4. The molecule has 0 spiro atoms. The van der Waals surface area contributed by atoms with E-state index in [1.807, 2.05) is 9.80 Å². The third-order valence-electron chi connectivity index (χ3n) is 5.55. The van der Waals surface area contributed by atoms with Crippen LogP contribution in [0.25, 0.3) is 0 Å². The molecule has 25 heavy (non-hydrogen) atoms. The number of hydrogen-bond acceptors (Lipinski definition) is 4. The van der Waals surface area contributed by atoms with Crippen molar-refractivity contribution in [2.45, 2.75) is 38.6 Å². The van der Waals surface area contributed by atoms with Gasteiger partial charge in [0.2, 0.25) is 11.8 Å². The van der Waals surface area contributed by atoms with Crippen LogP contribution in [0.5, 0.6) is 0 Å². The van der Waals surface area contributed by atoms with Crippen LogP contribution in [0.2, 0.25) is 0 Å². The summed E-state index contributed by atoms with van der Waals surface area (Å²) in [6.07, 6.45) is 3.81. The molecule has 3 saturated heterocycles. The minimum Gasteiger partial charge on any atom is -0.341 e. The second-order valence-corrected chi connectivity index (χ2v) is 7.05. The van der Waals surface area contributed by atoms with Gasteiger partial charge < -0.3 is 15.1 Å². The van der Waals surface area contributed by atoms with E-state index < -0.39 is 0 Å². The zero-order valence-corrected chi connectivity index (χ0v) is 16.7. The average molecular weight is 395 g/mol. The molecule has 3 heterocycles. The van der Waals surface area contributed by atoms with E-state index in [0.717, 1.165) is 52.2 Å². The molecule has 0 radical (unpaired) electrons. The van der Waals surface area contributed by atoms with Gasteiger partial charge in [0.25, 0.3) is 0 Å². The molecule has 0 aromatic heterocycles. The first-order valence-electron chi connectivity index (χ1n) is 9.20. The van der Waals surface area contributed by atoms with Crippen molar-refractivity contribution in [3.63, 3.8) is 0 Å². The molecule has 0 aromatic carbocycles. The highest BCUT2D eigenvalue weighted by Crippen LogP contribution is 2.24. The van der Waals surface area contributed by atoms with Crippen LogP contribution in [0.4, 0.5) is 0 Å². The minimum atomic E-state index is -0.128. The van der Waals surface area contributed by atoms with Gasteiger partial charge in [-0.1, -0.05) is 6.92 Å². The van der Waals surface area contributed by atoms with Gasteiger partial charge in [-0.3, -0.25) is 14.5 Å². The number of nitrogens with zero attached hydrogens (tertiary/aromatic N) is 3. The first-order chi connectivity index (χ1) is 11.2. The lowest BCUT2D eigenvalue weighted by molar-refractivity contribution is -0.135. The molecule has 0 saturated carbocycles. The zero-order valence-electron chi connectivity index (χ0n) is 15.1. The van der Waals surface area contributed by atoms with Gasteiger partial charge in [0.1, 0.15) is 0 Å². The molecule has 146 valence electrons. The Balaban J connectivity index is 0.00000156. The molecule has 1 N–H and O–H groups in total. The van der Waals surface area contributed by atoms with Gasteiger partial charge in [-0.15, -0.1) is 24.8 Å². The van der Waals surface area contributed by atoms with Crippen LogP contribution in [0.15, 0.2) is 0 Å². The number of amides is 2. The second kappa shape index (κ2) is 10.6. The third-order valence-corrected chi connectivity index (χ3v) is 5.55. The zero-order chi connectivity index (χ0) is 16.2. The Bertz CT molecular complexity index is 444. The van der Waals surface area contributed by atoms with Crippen molar-refractivity contribution in [3.8, 4) is 0 Å². The van der Waals surface area contributed by atoms with E-state index in [1.165, 1.54) is 12.8 Å². The molecule has 3 fully saturated rings. The lowest BCUT2D eigenvalue weighted by Crippen LogP contribution is -2.42. The molecule has 3 rings (SSSR count). The monoisotopic (exact) mass is 394 g/mol. The lowest BCUT2D eigenvalue weighted by Gasteiger charge is -2.28. The van der Waals surface area contributed by atoms with Crippen molar-refractivity contribution in [1.29, 1.82) is 0 Å². The van der Waals surface area contributed by atoms with Crippen molar-refractivity contribution in [3.05, 3.63) is 0 Å². The highest BCUT2D eigenvalue weighted by molar-refractivity contribution is 5.89. The topological polar surface area (TPSA) is 55.9 Å². The number of nitrogens with one attached hydrogen (secondary N) is 1. The van der Waals surface area contributed by atoms with Crippen LogP contribution in [-0.2, 0) is 9.59 Å². The van der Waals surface area contributed by atoms with Gasteiger partial charge in [0.15, 0.2) is 0 Å². The summed E-state index contributed by atoms with van der Waals surface area (Å²) in [5, 5.41) is 3.32. The molecule has 2 atom stereocenters. The molecule has 2 unspecified atom stereocenters. The summed E-state index contributed by atoms with van der Waals surface area (Å²) in [5.74, 6) is 0.222. The number of likely N-dealkylation sites (N-methyl/N-ethyl adjacent to an activating group) is 1. The molecule has 0 bridgehead atoms. The number of likely N-dealkylation sites (tertiary alicyclic amines) is 2. The first-order valence-corrected chi connectivity index (χ1v) is 9.20. The maximum absolute atomic E-state index is 12.7. The first kappa shape index (κ1) is 22.5. The van der Waals surface area contributed by atoms with Crippen molar-refractivity contribution in [2.75, 3.05) is 52.4 Å². The number of hydrogen-bond donors (Lipinski definition) is 1. The van der Waals surface area contributed by atoms with Crippen LogP contribution in [-0.4, -0.2) is 84.9 Å². The minimum absolute atomic E-state index is 0. The van der Waals surface area contributed by atoms with E-state index in [1.54, 1.807) is 0 Å². The predicted octanol–water partition coefficient (Wildman–Crippen LogP) is 0.985. The van der Waals surface area contributed by atoms with Gasteiger partial charge in [0, 0.05) is 45.2 Å². The van der Waals surface area contributed by atoms with Crippen LogP contribution in [0, 0.1) is 5.92 Å². The Morgan fingerprint density at radius 3 is 2.72 bits per heavy atom. The average Bonchev–Trinajstić information content (AvgIpc) is 3.04. The molecule has 0 aromatic rings. The molecule has 8 heteroatoms. The smallest absolute Gasteiger partial charge is 0.228 e. The summed E-state index contributed by atoms with van der Waals surface area (Å²) in [5.41, 5.74) is 0. The Hall–Kier alpha value is -0.560. The van der Waals surface area contributed by atoms with E-state index in [-0.39, 0.29) is 42.5 Å². The number of carbonyl (C=O) groups is 2. The molecule has 3 aliphatic heterocycles.